The van der Waals surface area contributed by atoms with Gasteiger partial charge in [-0.25, -0.2) is 0 Å². The highest BCUT2D eigenvalue weighted by Gasteiger charge is 2.06. The first-order chi connectivity index (χ1) is 5.59. The van der Waals surface area contributed by atoms with E-state index in [4.69, 9.17) is 10.8 Å². The molecule has 0 aliphatic rings. The lowest BCUT2D eigenvalue weighted by molar-refractivity contribution is 0.100. The van der Waals surface area contributed by atoms with Gasteiger partial charge >= 0.3 is 0 Å². The fourth-order valence-electron chi connectivity index (χ4n) is 0.908. The van der Waals surface area contributed by atoms with Gasteiger partial charge in [0.2, 0.25) is 5.91 Å². The van der Waals surface area contributed by atoms with E-state index in [1.54, 1.807) is 18.4 Å². The number of thiophene rings is 1. The van der Waals surface area contributed by atoms with Gasteiger partial charge in [0.25, 0.3) is 0 Å². The summed E-state index contributed by atoms with van der Waals surface area (Å²) in [5.74, 6) is -0.414. The van der Waals surface area contributed by atoms with Crippen LogP contribution in [-0.4, -0.2) is 17.1 Å². The van der Waals surface area contributed by atoms with Gasteiger partial charge in [-0.3, -0.25) is 4.79 Å². The van der Waals surface area contributed by atoms with Gasteiger partial charge < -0.3 is 10.8 Å². The van der Waals surface area contributed by atoms with Crippen LogP contribution in [-0.2, 0) is 6.42 Å². The van der Waals surface area contributed by atoms with Gasteiger partial charge in [-0.2, -0.15) is 0 Å². The molecular weight excluding hydrogens is 174 g/mol. The van der Waals surface area contributed by atoms with Crippen LogP contribution in [0.4, 0.5) is 0 Å². The average Bonchev–Trinajstić information content (AvgIpc) is 2.34. The van der Waals surface area contributed by atoms with Crippen molar-refractivity contribution in [3.8, 4) is 0 Å². The molecule has 1 rings (SSSR count). The fourth-order valence-corrected chi connectivity index (χ4v) is 1.90. The maximum absolute atomic E-state index is 10.7. The highest BCUT2D eigenvalue weighted by molar-refractivity contribution is 7.10. The fraction of sp³-hybridized carbons (Fsp3) is 0.375. The molecule has 0 bridgehead atoms. The van der Waals surface area contributed by atoms with E-state index in [0.717, 1.165) is 4.88 Å². The first kappa shape index (κ1) is 9.22. The maximum Gasteiger partial charge on any atom is 0.249 e. The summed E-state index contributed by atoms with van der Waals surface area (Å²) in [6.45, 7) is 1.71. The number of carbonyl (C=O) groups is 1. The molecule has 12 heavy (non-hydrogen) atoms. The average molecular weight is 185 g/mol. The molecule has 1 unspecified atom stereocenters. The smallest absolute Gasteiger partial charge is 0.249 e. The van der Waals surface area contributed by atoms with Gasteiger partial charge in [-0.05, 0) is 13.0 Å². The number of aliphatic hydroxyl groups is 1. The summed E-state index contributed by atoms with van der Waals surface area (Å²) in [6, 6.07) is 1.72. The van der Waals surface area contributed by atoms with E-state index in [0.29, 0.717) is 12.0 Å². The van der Waals surface area contributed by atoms with Crippen LogP contribution >= 0.6 is 11.3 Å². The van der Waals surface area contributed by atoms with Crippen LogP contribution in [0.2, 0.25) is 0 Å². The number of rotatable bonds is 3. The summed E-state index contributed by atoms with van der Waals surface area (Å²) in [5.41, 5.74) is 5.59. The summed E-state index contributed by atoms with van der Waals surface area (Å²) >= 11 is 1.45. The van der Waals surface area contributed by atoms with E-state index in [1.165, 1.54) is 11.3 Å². The van der Waals surface area contributed by atoms with Gasteiger partial charge in [0.1, 0.15) is 0 Å². The number of amides is 1. The van der Waals surface area contributed by atoms with Crippen LogP contribution in [0.25, 0.3) is 0 Å². The zero-order valence-electron chi connectivity index (χ0n) is 6.78. The second kappa shape index (κ2) is 3.69. The van der Waals surface area contributed by atoms with Crippen molar-refractivity contribution < 1.29 is 9.90 Å². The predicted molar refractivity (Wildman–Crippen MR) is 48.2 cm³/mol. The van der Waals surface area contributed by atoms with E-state index < -0.39 is 5.91 Å². The Labute approximate surface area is 74.8 Å². The van der Waals surface area contributed by atoms with Gasteiger partial charge in [0.15, 0.2) is 0 Å². The van der Waals surface area contributed by atoms with Crippen molar-refractivity contribution in [3.63, 3.8) is 0 Å². The highest BCUT2D eigenvalue weighted by atomic mass is 32.1. The van der Waals surface area contributed by atoms with Gasteiger partial charge in [-0.1, -0.05) is 0 Å². The maximum atomic E-state index is 10.7. The third-order valence-corrected chi connectivity index (χ3v) is 2.39. The molecule has 0 spiro atoms. The number of nitrogens with two attached hydrogens (primary N) is 1. The van der Waals surface area contributed by atoms with Crippen molar-refractivity contribution in [2.45, 2.75) is 19.4 Å². The molecule has 66 valence electrons. The molecule has 0 fully saturated rings. The number of aliphatic hydroxyl groups excluding tert-OH is 1. The zero-order chi connectivity index (χ0) is 9.14. The predicted octanol–water partition coefficient (Wildman–Crippen LogP) is 0.770. The number of hydrogen-bond donors (Lipinski definition) is 2. The molecule has 1 heterocycles. The lowest BCUT2D eigenvalue weighted by Crippen LogP contribution is -2.09. The Kier molecular flexibility index (Phi) is 2.83. The summed E-state index contributed by atoms with van der Waals surface area (Å²) in [4.78, 5) is 11.7. The highest BCUT2D eigenvalue weighted by Crippen LogP contribution is 2.15. The van der Waals surface area contributed by atoms with Crippen molar-refractivity contribution in [1.29, 1.82) is 0 Å². The Morgan fingerprint density at radius 1 is 1.83 bits per heavy atom. The Balaban J connectivity index is 2.71. The molecule has 4 heteroatoms. The summed E-state index contributed by atoms with van der Waals surface area (Å²) in [6.07, 6.45) is 0.210. The van der Waals surface area contributed by atoms with Crippen LogP contribution in [0.3, 0.4) is 0 Å². The third-order valence-electron chi connectivity index (χ3n) is 1.43. The lowest BCUT2D eigenvalue weighted by atomic mass is 10.2. The van der Waals surface area contributed by atoms with E-state index in [1.807, 2.05) is 0 Å². The summed E-state index contributed by atoms with van der Waals surface area (Å²) < 4.78 is 0. The molecule has 0 saturated carbocycles. The van der Waals surface area contributed by atoms with Gasteiger partial charge in [-0.15, -0.1) is 11.3 Å². The molecule has 1 aromatic heterocycles. The van der Waals surface area contributed by atoms with Crippen molar-refractivity contribution in [2.24, 2.45) is 5.73 Å². The second-order valence-electron chi connectivity index (χ2n) is 2.72. The summed E-state index contributed by atoms with van der Waals surface area (Å²) in [7, 11) is 0. The first-order valence-electron chi connectivity index (χ1n) is 3.65. The Morgan fingerprint density at radius 3 is 2.92 bits per heavy atom. The number of hydrogen-bond acceptors (Lipinski definition) is 3. The van der Waals surface area contributed by atoms with Crippen LogP contribution in [0.1, 0.15) is 22.2 Å². The first-order valence-corrected chi connectivity index (χ1v) is 4.53. The number of primary amides is 1. The minimum Gasteiger partial charge on any atom is -0.393 e. The van der Waals surface area contributed by atoms with Crippen molar-refractivity contribution in [3.05, 3.63) is 21.9 Å². The quantitative estimate of drug-likeness (QED) is 0.730. The zero-order valence-corrected chi connectivity index (χ0v) is 7.60. The molecule has 1 amide bonds. The lowest BCUT2D eigenvalue weighted by Gasteiger charge is -1.98. The SMILES string of the molecule is CC(O)Cc1cc(C(N)=O)cs1. The van der Waals surface area contributed by atoms with Crippen LogP contribution < -0.4 is 5.73 Å². The van der Waals surface area contributed by atoms with Crippen LogP contribution in [0.15, 0.2) is 11.4 Å². The topological polar surface area (TPSA) is 63.3 Å². The number of carbonyl (C=O) groups excluding carboxylic acids is 1. The molecule has 3 nitrogen and oxygen atoms in total. The van der Waals surface area contributed by atoms with Crippen molar-refractivity contribution in [1.82, 2.24) is 0 Å². The molecule has 1 aromatic rings. The van der Waals surface area contributed by atoms with E-state index in [9.17, 15) is 4.79 Å². The van der Waals surface area contributed by atoms with Crippen LogP contribution in [0.5, 0.6) is 0 Å². The minimum absolute atomic E-state index is 0.371. The second-order valence-corrected chi connectivity index (χ2v) is 3.71. The third kappa shape index (κ3) is 2.32. The molecule has 0 aromatic carbocycles. The molecule has 3 N–H and O–H groups in total. The van der Waals surface area contributed by atoms with E-state index >= 15 is 0 Å². The molecule has 0 saturated heterocycles. The minimum atomic E-state index is -0.414. The summed E-state index contributed by atoms with van der Waals surface area (Å²) in [5, 5.41) is 10.8. The van der Waals surface area contributed by atoms with Crippen LogP contribution in [0, 0.1) is 0 Å². The Hall–Kier alpha value is -0.870. The molecule has 0 radical (unpaired) electrons. The molecule has 0 aliphatic carbocycles. The molecule has 0 aliphatic heterocycles. The van der Waals surface area contributed by atoms with E-state index in [-0.39, 0.29) is 6.10 Å². The molecular formula is C8H11NO2S. The van der Waals surface area contributed by atoms with Crippen molar-refractivity contribution >= 4 is 17.2 Å². The Bertz CT molecular complexity index is 280. The normalized spacial score (nSPS) is 12.8. The monoisotopic (exact) mass is 185 g/mol. The van der Waals surface area contributed by atoms with Gasteiger partial charge in [0.05, 0.1) is 11.7 Å². The van der Waals surface area contributed by atoms with Crippen molar-refractivity contribution in [2.75, 3.05) is 0 Å². The van der Waals surface area contributed by atoms with E-state index in [2.05, 4.69) is 0 Å². The molecule has 1 atom stereocenters. The largest absolute Gasteiger partial charge is 0.393 e. The van der Waals surface area contributed by atoms with Gasteiger partial charge in [0, 0.05) is 16.7 Å². The Morgan fingerprint density at radius 2 is 2.50 bits per heavy atom. The standard InChI is InChI=1S/C8H11NO2S/c1-5(10)2-7-3-6(4-12-7)8(9)11/h3-5,10H,2H2,1H3,(H2,9,11).